The molecule has 2 nitrogen and oxygen atoms in total. The zero-order chi connectivity index (χ0) is 10.4. The molecule has 1 N–H and O–H groups in total. The van der Waals surface area contributed by atoms with E-state index in [9.17, 15) is 0 Å². The lowest BCUT2D eigenvalue weighted by Gasteiger charge is -2.15. The molecule has 0 radical (unpaired) electrons. The van der Waals surface area contributed by atoms with Gasteiger partial charge in [-0.3, -0.25) is 4.98 Å². The first kappa shape index (κ1) is 11.2. The summed E-state index contributed by atoms with van der Waals surface area (Å²) in [7, 11) is 0. The predicted octanol–water partition coefficient (Wildman–Crippen LogP) is 2.96. The molecular formula is C11H15ClN2. The minimum Gasteiger partial charge on any atom is -0.307 e. The molecule has 0 aliphatic carbocycles. The Morgan fingerprint density at radius 1 is 1.71 bits per heavy atom. The highest BCUT2D eigenvalue weighted by molar-refractivity contribution is 6.31. The Morgan fingerprint density at radius 3 is 3.07 bits per heavy atom. The zero-order valence-electron chi connectivity index (χ0n) is 8.33. The van der Waals surface area contributed by atoms with E-state index < -0.39 is 0 Å². The van der Waals surface area contributed by atoms with Crippen molar-refractivity contribution in [1.82, 2.24) is 10.3 Å². The molecule has 1 aromatic rings. The number of rotatable bonds is 5. The van der Waals surface area contributed by atoms with Crippen LogP contribution in [0, 0.1) is 0 Å². The number of halogens is 1. The van der Waals surface area contributed by atoms with E-state index in [1.807, 2.05) is 12.1 Å². The smallest absolute Gasteiger partial charge is 0.0640 e. The lowest BCUT2D eigenvalue weighted by Crippen LogP contribution is -2.20. The third kappa shape index (κ3) is 2.82. The topological polar surface area (TPSA) is 24.9 Å². The first-order valence-electron chi connectivity index (χ1n) is 4.75. The van der Waals surface area contributed by atoms with Gasteiger partial charge in [-0.25, -0.2) is 0 Å². The van der Waals surface area contributed by atoms with Gasteiger partial charge in [-0.05, 0) is 24.6 Å². The summed E-state index contributed by atoms with van der Waals surface area (Å²) in [5, 5.41) is 4.03. The van der Waals surface area contributed by atoms with Crippen molar-refractivity contribution >= 4 is 11.6 Å². The fourth-order valence-corrected chi connectivity index (χ4v) is 1.50. The highest BCUT2D eigenvalue weighted by atomic mass is 35.5. The summed E-state index contributed by atoms with van der Waals surface area (Å²) in [4.78, 5) is 3.95. The molecule has 0 amide bonds. The summed E-state index contributed by atoms with van der Waals surface area (Å²) in [6, 6.07) is 2.03. The van der Waals surface area contributed by atoms with Gasteiger partial charge in [-0.2, -0.15) is 0 Å². The number of aromatic nitrogens is 1. The van der Waals surface area contributed by atoms with Crippen molar-refractivity contribution in [2.24, 2.45) is 0 Å². The quantitative estimate of drug-likeness (QED) is 0.756. The molecule has 1 unspecified atom stereocenters. The van der Waals surface area contributed by atoms with Gasteiger partial charge in [0, 0.05) is 12.4 Å². The maximum atomic E-state index is 6.03. The van der Waals surface area contributed by atoms with Gasteiger partial charge in [0.1, 0.15) is 0 Å². The minimum absolute atomic E-state index is 0.116. The Labute approximate surface area is 90.0 Å². The zero-order valence-corrected chi connectivity index (χ0v) is 9.09. The Kier molecular flexibility index (Phi) is 4.63. The first-order chi connectivity index (χ1) is 6.79. The predicted molar refractivity (Wildman–Crippen MR) is 60.5 cm³/mol. The largest absolute Gasteiger partial charge is 0.307 e. The molecule has 0 saturated heterocycles. The van der Waals surface area contributed by atoms with E-state index in [4.69, 9.17) is 11.6 Å². The summed E-state index contributed by atoms with van der Waals surface area (Å²) in [5.41, 5.74) is 1.03. The second kappa shape index (κ2) is 5.78. The van der Waals surface area contributed by atoms with Gasteiger partial charge in [0.25, 0.3) is 0 Å². The normalized spacial score (nSPS) is 12.4. The van der Waals surface area contributed by atoms with Crippen molar-refractivity contribution in [3.8, 4) is 0 Å². The average molecular weight is 211 g/mol. The van der Waals surface area contributed by atoms with Crippen LogP contribution in [0.15, 0.2) is 31.1 Å². The van der Waals surface area contributed by atoms with E-state index in [1.54, 1.807) is 12.4 Å². The summed E-state index contributed by atoms with van der Waals surface area (Å²) in [6.45, 7) is 6.87. The number of nitrogens with zero attached hydrogens (tertiary/aromatic N) is 1. The van der Waals surface area contributed by atoms with Gasteiger partial charge in [0.05, 0.1) is 11.1 Å². The molecule has 0 fully saturated rings. The van der Waals surface area contributed by atoms with E-state index in [2.05, 4.69) is 23.8 Å². The van der Waals surface area contributed by atoms with Gasteiger partial charge in [-0.15, -0.1) is 6.58 Å². The van der Waals surface area contributed by atoms with Crippen molar-refractivity contribution in [3.63, 3.8) is 0 Å². The van der Waals surface area contributed by atoms with Crippen LogP contribution in [0.3, 0.4) is 0 Å². The van der Waals surface area contributed by atoms with Crippen molar-refractivity contribution in [2.75, 3.05) is 6.54 Å². The summed E-state index contributed by atoms with van der Waals surface area (Å²) in [5.74, 6) is 0. The third-order valence-electron chi connectivity index (χ3n) is 1.99. The van der Waals surface area contributed by atoms with Crippen LogP contribution >= 0.6 is 11.6 Å². The summed E-state index contributed by atoms with van der Waals surface area (Å²) < 4.78 is 0. The molecule has 0 spiro atoms. The first-order valence-corrected chi connectivity index (χ1v) is 5.12. The van der Waals surface area contributed by atoms with Gasteiger partial charge >= 0.3 is 0 Å². The van der Waals surface area contributed by atoms with E-state index in [0.717, 1.165) is 18.5 Å². The van der Waals surface area contributed by atoms with Crippen LogP contribution in [-0.2, 0) is 0 Å². The molecule has 1 heterocycles. The second-order valence-corrected chi connectivity index (χ2v) is 3.47. The van der Waals surface area contributed by atoms with E-state index in [0.29, 0.717) is 5.02 Å². The van der Waals surface area contributed by atoms with Gasteiger partial charge in [0.2, 0.25) is 0 Å². The Morgan fingerprint density at radius 2 is 2.50 bits per heavy atom. The molecular weight excluding hydrogens is 196 g/mol. The van der Waals surface area contributed by atoms with Gasteiger partial charge in [0.15, 0.2) is 0 Å². The van der Waals surface area contributed by atoms with Crippen molar-refractivity contribution in [2.45, 2.75) is 19.4 Å². The second-order valence-electron chi connectivity index (χ2n) is 3.06. The summed E-state index contributed by atoms with van der Waals surface area (Å²) >= 11 is 6.03. The molecule has 0 saturated carbocycles. The standard InChI is InChI=1S/C11H15ClN2/c1-3-6-14-11(4-2)9-5-7-13-8-10(9)12/h4-5,7-8,11,14H,2-3,6H2,1H3. The average Bonchev–Trinajstić information content (AvgIpc) is 2.21. The van der Waals surface area contributed by atoms with Crippen molar-refractivity contribution in [3.05, 3.63) is 41.7 Å². The maximum Gasteiger partial charge on any atom is 0.0640 e. The number of hydrogen-bond donors (Lipinski definition) is 1. The molecule has 0 aliphatic rings. The molecule has 76 valence electrons. The third-order valence-corrected chi connectivity index (χ3v) is 2.30. The van der Waals surface area contributed by atoms with Crippen molar-refractivity contribution in [1.29, 1.82) is 0 Å². The molecule has 14 heavy (non-hydrogen) atoms. The monoisotopic (exact) mass is 210 g/mol. The lowest BCUT2D eigenvalue weighted by atomic mass is 10.1. The van der Waals surface area contributed by atoms with Crippen LogP contribution < -0.4 is 5.32 Å². The lowest BCUT2D eigenvalue weighted by molar-refractivity contribution is 0.613. The van der Waals surface area contributed by atoms with E-state index in [1.165, 1.54) is 0 Å². The van der Waals surface area contributed by atoms with E-state index >= 15 is 0 Å². The van der Waals surface area contributed by atoms with Crippen LogP contribution in [0.2, 0.25) is 5.02 Å². The molecule has 0 aromatic carbocycles. The number of nitrogens with one attached hydrogen (secondary N) is 1. The molecule has 0 aliphatic heterocycles. The Bertz CT molecular complexity index is 299. The summed E-state index contributed by atoms with van der Waals surface area (Å²) in [6.07, 6.45) is 6.34. The highest BCUT2D eigenvalue weighted by Gasteiger charge is 2.09. The maximum absolute atomic E-state index is 6.03. The Balaban J connectivity index is 2.78. The fourth-order valence-electron chi connectivity index (χ4n) is 1.26. The van der Waals surface area contributed by atoms with Gasteiger partial charge < -0.3 is 5.32 Å². The molecule has 1 aromatic heterocycles. The van der Waals surface area contributed by atoms with Crippen LogP contribution in [0.5, 0.6) is 0 Å². The molecule has 1 atom stereocenters. The van der Waals surface area contributed by atoms with Crippen LogP contribution in [-0.4, -0.2) is 11.5 Å². The fraction of sp³-hybridized carbons (Fsp3) is 0.364. The SMILES string of the molecule is C=CC(NCCC)c1ccncc1Cl. The Hall–Kier alpha value is -0.860. The van der Waals surface area contributed by atoms with E-state index in [-0.39, 0.29) is 6.04 Å². The van der Waals surface area contributed by atoms with Crippen LogP contribution in [0.1, 0.15) is 24.9 Å². The molecule has 1 rings (SSSR count). The minimum atomic E-state index is 0.116. The van der Waals surface area contributed by atoms with Crippen molar-refractivity contribution < 1.29 is 0 Å². The molecule has 3 heteroatoms. The molecule has 0 bridgehead atoms. The van der Waals surface area contributed by atoms with Gasteiger partial charge in [-0.1, -0.05) is 24.6 Å². The van der Waals surface area contributed by atoms with Crippen LogP contribution in [0.25, 0.3) is 0 Å². The number of pyridine rings is 1. The van der Waals surface area contributed by atoms with Crippen LogP contribution in [0.4, 0.5) is 0 Å². The highest BCUT2D eigenvalue weighted by Crippen LogP contribution is 2.21. The number of hydrogen-bond acceptors (Lipinski definition) is 2.